The molecule has 4 nitrogen and oxygen atoms in total. The maximum atomic E-state index is 13.7. The molecule has 21 heavy (non-hydrogen) atoms. The van der Waals surface area contributed by atoms with Crippen molar-refractivity contribution in [1.29, 1.82) is 5.26 Å². The lowest BCUT2D eigenvalue weighted by molar-refractivity contribution is -0.137. The highest BCUT2D eigenvalue weighted by molar-refractivity contribution is 6.28. The molecule has 1 aromatic carbocycles. The second kappa shape index (κ2) is 5.54. The molecule has 0 saturated carbocycles. The molecule has 0 atom stereocenters. The summed E-state index contributed by atoms with van der Waals surface area (Å²) in [5, 5.41) is 10.7. The van der Waals surface area contributed by atoms with Gasteiger partial charge in [-0.05, 0) is 23.7 Å². The molecule has 108 valence electrons. The molecule has 0 radical (unpaired) electrons. The number of rotatable bonds is 2. The Morgan fingerprint density at radius 1 is 1.29 bits per heavy atom. The summed E-state index contributed by atoms with van der Waals surface area (Å²) in [5.74, 6) is -1.45. The summed E-state index contributed by atoms with van der Waals surface area (Å²) in [6, 6.07) is 4.17. The van der Waals surface area contributed by atoms with E-state index in [0.29, 0.717) is 6.07 Å². The number of nitriles is 1. The Morgan fingerprint density at radius 3 is 2.62 bits per heavy atom. The van der Waals surface area contributed by atoms with Crippen LogP contribution in [-0.2, 0) is 6.18 Å². The smallest absolute Gasteiger partial charge is 0.336 e. The molecular formula is C12H5ClF4N4. The van der Waals surface area contributed by atoms with Crippen molar-refractivity contribution in [3.8, 4) is 6.07 Å². The van der Waals surface area contributed by atoms with Gasteiger partial charge in [-0.15, -0.1) is 0 Å². The number of anilines is 2. The number of alkyl halides is 3. The first kappa shape index (κ1) is 15.0. The largest absolute Gasteiger partial charge is 0.418 e. The lowest BCUT2D eigenvalue weighted by atomic mass is 10.1. The normalized spacial score (nSPS) is 11.0. The summed E-state index contributed by atoms with van der Waals surface area (Å²) in [7, 11) is 0. The zero-order valence-corrected chi connectivity index (χ0v) is 10.8. The van der Waals surface area contributed by atoms with Crippen molar-refractivity contribution in [3.63, 3.8) is 0 Å². The van der Waals surface area contributed by atoms with Crippen LogP contribution < -0.4 is 5.32 Å². The van der Waals surface area contributed by atoms with Crippen molar-refractivity contribution in [2.75, 3.05) is 5.32 Å². The SMILES string of the molecule is N#Cc1cnc(Cl)nc1Nc1c(F)cccc1C(F)(F)F. The van der Waals surface area contributed by atoms with Crippen LogP contribution in [0.4, 0.5) is 29.1 Å². The Bertz CT molecular complexity index is 724. The standard InChI is InChI=1S/C12H5ClF4N4/c13-11-19-5-6(4-18)10(21-11)20-9-7(12(15,16)17)2-1-3-8(9)14/h1-3,5H,(H,19,20,21). The Hall–Kier alpha value is -2.40. The Morgan fingerprint density at radius 2 is 2.00 bits per heavy atom. The molecule has 2 rings (SSSR count). The number of nitrogens with one attached hydrogen (secondary N) is 1. The fraction of sp³-hybridized carbons (Fsp3) is 0.0833. The molecule has 1 aromatic heterocycles. The van der Waals surface area contributed by atoms with Gasteiger partial charge in [0.1, 0.15) is 17.4 Å². The first-order valence-electron chi connectivity index (χ1n) is 5.38. The Labute approximate surface area is 121 Å². The van der Waals surface area contributed by atoms with Gasteiger partial charge in [-0.25, -0.2) is 9.37 Å². The van der Waals surface area contributed by atoms with E-state index < -0.39 is 23.2 Å². The predicted octanol–water partition coefficient (Wildman–Crippen LogP) is 3.90. The second-order valence-corrected chi connectivity index (χ2v) is 4.14. The number of halogens is 5. The Balaban J connectivity index is 2.55. The summed E-state index contributed by atoms with van der Waals surface area (Å²) in [6.45, 7) is 0. The van der Waals surface area contributed by atoms with Crippen molar-refractivity contribution in [3.05, 3.63) is 46.6 Å². The van der Waals surface area contributed by atoms with Gasteiger partial charge < -0.3 is 5.32 Å². The molecule has 0 fully saturated rings. The van der Waals surface area contributed by atoms with Crippen molar-refractivity contribution >= 4 is 23.1 Å². The third-order valence-corrected chi connectivity index (χ3v) is 2.62. The molecule has 0 bridgehead atoms. The van der Waals surface area contributed by atoms with Gasteiger partial charge in [-0.2, -0.15) is 23.4 Å². The van der Waals surface area contributed by atoms with Crippen molar-refractivity contribution in [2.45, 2.75) is 6.18 Å². The van der Waals surface area contributed by atoms with E-state index in [9.17, 15) is 17.6 Å². The van der Waals surface area contributed by atoms with Crippen LogP contribution in [-0.4, -0.2) is 9.97 Å². The lowest BCUT2D eigenvalue weighted by Gasteiger charge is -2.15. The summed E-state index contributed by atoms with van der Waals surface area (Å²) in [4.78, 5) is 7.11. The van der Waals surface area contributed by atoms with E-state index in [1.54, 1.807) is 6.07 Å². The van der Waals surface area contributed by atoms with E-state index in [-0.39, 0.29) is 16.7 Å². The van der Waals surface area contributed by atoms with E-state index in [2.05, 4.69) is 15.3 Å². The molecule has 0 unspecified atom stereocenters. The first-order chi connectivity index (χ1) is 9.82. The predicted molar refractivity (Wildman–Crippen MR) is 66.4 cm³/mol. The van der Waals surface area contributed by atoms with Gasteiger partial charge in [0.15, 0.2) is 5.82 Å². The number of nitrogens with zero attached hydrogens (tertiary/aromatic N) is 3. The van der Waals surface area contributed by atoms with Gasteiger partial charge >= 0.3 is 6.18 Å². The number of aromatic nitrogens is 2. The van der Waals surface area contributed by atoms with Crippen LogP contribution in [0.15, 0.2) is 24.4 Å². The van der Waals surface area contributed by atoms with Crippen LogP contribution in [0.1, 0.15) is 11.1 Å². The number of hydrogen-bond acceptors (Lipinski definition) is 4. The van der Waals surface area contributed by atoms with Crippen LogP contribution >= 0.6 is 11.6 Å². The van der Waals surface area contributed by atoms with Crippen LogP contribution in [0.2, 0.25) is 5.28 Å². The average molecular weight is 317 g/mol. The maximum Gasteiger partial charge on any atom is 0.418 e. The van der Waals surface area contributed by atoms with E-state index >= 15 is 0 Å². The summed E-state index contributed by atoms with van der Waals surface area (Å²) in [6.07, 6.45) is -3.75. The third-order valence-electron chi connectivity index (χ3n) is 2.44. The molecule has 2 aromatic rings. The first-order valence-corrected chi connectivity index (χ1v) is 5.76. The molecular weight excluding hydrogens is 312 g/mol. The summed E-state index contributed by atoms with van der Waals surface area (Å²) >= 11 is 5.52. The fourth-order valence-corrected chi connectivity index (χ4v) is 1.68. The van der Waals surface area contributed by atoms with Crippen LogP contribution in [0.3, 0.4) is 0 Å². The topological polar surface area (TPSA) is 61.6 Å². The molecule has 1 heterocycles. The van der Waals surface area contributed by atoms with Crippen molar-refractivity contribution < 1.29 is 17.6 Å². The minimum absolute atomic E-state index is 0.171. The number of hydrogen-bond donors (Lipinski definition) is 1. The maximum absolute atomic E-state index is 13.7. The molecule has 0 amide bonds. The van der Waals surface area contributed by atoms with Gasteiger partial charge in [-0.3, -0.25) is 0 Å². The van der Waals surface area contributed by atoms with Gasteiger partial charge in [0.05, 0.1) is 17.4 Å². The van der Waals surface area contributed by atoms with Gasteiger partial charge in [-0.1, -0.05) is 6.07 Å². The van der Waals surface area contributed by atoms with Crippen molar-refractivity contribution in [1.82, 2.24) is 9.97 Å². The molecule has 0 saturated heterocycles. The highest BCUT2D eigenvalue weighted by atomic mass is 35.5. The van der Waals surface area contributed by atoms with Crippen LogP contribution in [0.25, 0.3) is 0 Å². The quantitative estimate of drug-likeness (QED) is 0.674. The van der Waals surface area contributed by atoms with E-state index in [4.69, 9.17) is 16.9 Å². The van der Waals surface area contributed by atoms with E-state index in [1.165, 1.54) is 0 Å². The van der Waals surface area contributed by atoms with Crippen molar-refractivity contribution in [2.24, 2.45) is 0 Å². The van der Waals surface area contributed by atoms with Crippen LogP contribution in [0.5, 0.6) is 0 Å². The molecule has 1 N–H and O–H groups in total. The monoisotopic (exact) mass is 316 g/mol. The highest BCUT2D eigenvalue weighted by Gasteiger charge is 2.35. The molecule has 0 aliphatic rings. The molecule has 0 aliphatic carbocycles. The Kier molecular flexibility index (Phi) is 3.95. The lowest BCUT2D eigenvalue weighted by Crippen LogP contribution is -2.11. The minimum atomic E-state index is -4.77. The molecule has 0 spiro atoms. The zero-order chi connectivity index (χ0) is 15.6. The fourth-order valence-electron chi connectivity index (χ4n) is 1.54. The van der Waals surface area contributed by atoms with E-state index in [0.717, 1.165) is 18.3 Å². The van der Waals surface area contributed by atoms with Gasteiger partial charge in [0, 0.05) is 0 Å². The average Bonchev–Trinajstić information content (AvgIpc) is 2.40. The second-order valence-electron chi connectivity index (χ2n) is 3.80. The third kappa shape index (κ3) is 3.20. The van der Waals surface area contributed by atoms with E-state index in [1.807, 2.05) is 0 Å². The molecule has 9 heteroatoms. The minimum Gasteiger partial charge on any atom is -0.336 e. The highest BCUT2D eigenvalue weighted by Crippen LogP contribution is 2.37. The zero-order valence-electron chi connectivity index (χ0n) is 10.0. The summed E-state index contributed by atoms with van der Waals surface area (Å²) < 4.78 is 52.3. The summed E-state index contributed by atoms with van der Waals surface area (Å²) in [5.41, 5.74) is -2.23. The van der Waals surface area contributed by atoms with Gasteiger partial charge in [0.25, 0.3) is 0 Å². The number of para-hydroxylation sites is 1. The van der Waals surface area contributed by atoms with Crippen LogP contribution in [0, 0.1) is 17.1 Å². The van der Waals surface area contributed by atoms with Gasteiger partial charge in [0.2, 0.25) is 5.28 Å². The molecule has 0 aliphatic heterocycles. The number of benzene rings is 1.